The minimum absolute atomic E-state index is 0.164. The van der Waals surface area contributed by atoms with Crippen LogP contribution in [0.15, 0.2) is 0 Å². The van der Waals surface area contributed by atoms with Gasteiger partial charge in [-0.1, -0.05) is 61.8 Å². The molecule has 0 heterocycles. The molecule has 0 aliphatic carbocycles. The van der Waals surface area contributed by atoms with Gasteiger partial charge < -0.3 is 5.73 Å². The zero-order valence-corrected chi connectivity index (χ0v) is 12.4. The smallest absolute Gasteiger partial charge is 0.155 e. The third-order valence-electron chi connectivity index (χ3n) is 2.30. The van der Waals surface area contributed by atoms with Crippen molar-refractivity contribution >= 4 is 5.78 Å². The molecule has 2 N–H and O–H groups in total. The molecule has 0 aliphatic heterocycles. The Morgan fingerprint density at radius 1 is 1.12 bits per heavy atom. The highest BCUT2D eigenvalue weighted by atomic mass is 16.1. The molecule has 0 saturated carbocycles. The first-order valence-electron chi connectivity index (χ1n) is 6.33. The lowest BCUT2D eigenvalue weighted by Crippen LogP contribution is -2.43. The van der Waals surface area contributed by atoms with Crippen LogP contribution in [0.3, 0.4) is 0 Å². The quantitative estimate of drug-likeness (QED) is 0.803. The van der Waals surface area contributed by atoms with Gasteiger partial charge in [-0.15, -0.1) is 0 Å². The second-order valence-electron chi connectivity index (χ2n) is 6.26. The van der Waals surface area contributed by atoms with E-state index in [9.17, 15) is 4.79 Å². The summed E-state index contributed by atoms with van der Waals surface area (Å²) in [6.45, 7) is 16.3. The molecular formula is C14H31NO. The van der Waals surface area contributed by atoms with Crippen molar-refractivity contribution in [2.75, 3.05) is 0 Å². The Kier molecular flexibility index (Phi) is 8.81. The highest BCUT2D eigenvalue weighted by Gasteiger charge is 2.29. The molecule has 2 heteroatoms. The van der Waals surface area contributed by atoms with E-state index in [4.69, 9.17) is 5.73 Å². The summed E-state index contributed by atoms with van der Waals surface area (Å²) in [4.78, 5) is 11.6. The molecule has 2 atom stereocenters. The molecule has 16 heavy (non-hydrogen) atoms. The number of ketones is 1. The highest BCUT2D eigenvalue weighted by molar-refractivity contribution is 5.88. The van der Waals surface area contributed by atoms with E-state index >= 15 is 0 Å². The summed E-state index contributed by atoms with van der Waals surface area (Å²) < 4.78 is 0. The number of hydrogen-bond acceptors (Lipinski definition) is 2. The number of nitrogens with two attached hydrogens (primary N) is 1. The molecule has 0 bridgehead atoms. The third kappa shape index (κ3) is 8.90. The standard InChI is InChI=1S/C10H21NO.C4H10/c1-6-7(2)8(11)9(12)10(3,4)5;1-4(2)3/h7-8H,6,11H2,1-5H3;4H,1-3H3/t7?,8-;/m0./s1. The predicted octanol–water partition coefficient (Wildman–Crippen LogP) is 3.64. The average Bonchev–Trinajstić information content (AvgIpc) is 2.12. The Labute approximate surface area is 102 Å². The van der Waals surface area contributed by atoms with Crippen molar-refractivity contribution in [2.24, 2.45) is 23.0 Å². The van der Waals surface area contributed by atoms with Gasteiger partial charge in [0.15, 0.2) is 5.78 Å². The van der Waals surface area contributed by atoms with Gasteiger partial charge in [0.05, 0.1) is 6.04 Å². The number of carbonyl (C=O) groups excluding carboxylic acids is 1. The van der Waals surface area contributed by atoms with Crippen LogP contribution in [0.2, 0.25) is 0 Å². The fourth-order valence-corrected chi connectivity index (χ4v) is 1.01. The summed E-state index contributed by atoms with van der Waals surface area (Å²) in [6, 6.07) is -0.296. The van der Waals surface area contributed by atoms with Crippen LogP contribution in [0.4, 0.5) is 0 Å². The van der Waals surface area contributed by atoms with Crippen LogP contribution in [0.1, 0.15) is 61.8 Å². The minimum Gasteiger partial charge on any atom is -0.321 e. The lowest BCUT2D eigenvalue weighted by atomic mass is 9.82. The number of carbonyl (C=O) groups is 1. The summed E-state index contributed by atoms with van der Waals surface area (Å²) in [5.41, 5.74) is 5.51. The second-order valence-corrected chi connectivity index (χ2v) is 6.26. The summed E-state index contributed by atoms with van der Waals surface area (Å²) in [5, 5.41) is 0. The molecule has 0 saturated heterocycles. The normalized spacial score (nSPS) is 15.1. The van der Waals surface area contributed by atoms with Crippen molar-refractivity contribution in [3.63, 3.8) is 0 Å². The molecule has 0 fully saturated rings. The largest absolute Gasteiger partial charge is 0.321 e. The van der Waals surface area contributed by atoms with Crippen molar-refractivity contribution in [1.29, 1.82) is 0 Å². The van der Waals surface area contributed by atoms with E-state index in [0.717, 1.165) is 12.3 Å². The third-order valence-corrected chi connectivity index (χ3v) is 2.30. The monoisotopic (exact) mass is 229 g/mol. The molecule has 0 amide bonds. The van der Waals surface area contributed by atoms with E-state index in [1.54, 1.807) is 0 Å². The number of Topliss-reactive ketones (excluding diaryl/α,β-unsaturated/α-hetero) is 1. The van der Waals surface area contributed by atoms with Crippen molar-refractivity contribution in [1.82, 2.24) is 0 Å². The van der Waals surface area contributed by atoms with Gasteiger partial charge in [-0.25, -0.2) is 0 Å². The lowest BCUT2D eigenvalue weighted by Gasteiger charge is -2.25. The van der Waals surface area contributed by atoms with E-state index in [-0.39, 0.29) is 23.2 Å². The molecule has 0 spiro atoms. The Morgan fingerprint density at radius 3 is 1.62 bits per heavy atom. The van der Waals surface area contributed by atoms with Crippen molar-refractivity contribution in [2.45, 2.75) is 67.9 Å². The Balaban J connectivity index is 0. The number of rotatable bonds is 3. The first-order valence-corrected chi connectivity index (χ1v) is 6.33. The summed E-state index contributed by atoms with van der Waals surface area (Å²) in [6.07, 6.45) is 0.961. The maximum absolute atomic E-state index is 11.6. The molecule has 1 unspecified atom stereocenters. The lowest BCUT2D eigenvalue weighted by molar-refractivity contribution is -0.128. The first-order chi connectivity index (χ1) is 7.03. The predicted molar refractivity (Wildman–Crippen MR) is 72.4 cm³/mol. The topological polar surface area (TPSA) is 43.1 Å². The van der Waals surface area contributed by atoms with Crippen LogP contribution in [0.5, 0.6) is 0 Å². The van der Waals surface area contributed by atoms with Crippen LogP contribution in [0, 0.1) is 17.3 Å². The van der Waals surface area contributed by atoms with E-state index < -0.39 is 0 Å². The van der Waals surface area contributed by atoms with Crippen molar-refractivity contribution in [3.05, 3.63) is 0 Å². The van der Waals surface area contributed by atoms with Crippen LogP contribution < -0.4 is 5.73 Å². The molecule has 0 aliphatic rings. The molecule has 0 aromatic rings. The maximum Gasteiger partial charge on any atom is 0.155 e. The Hall–Kier alpha value is -0.370. The second kappa shape index (κ2) is 7.83. The van der Waals surface area contributed by atoms with Crippen molar-refractivity contribution < 1.29 is 4.79 Å². The maximum atomic E-state index is 11.6. The molecule has 0 rings (SSSR count). The van der Waals surface area contributed by atoms with Crippen LogP contribution in [0.25, 0.3) is 0 Å². The van der Waals surface area contributed by atoms with Gasteiger partial charge in [0.25, 0.3) is 0 Å². The zero-order chi connectivity index (χ0) is 13.5. The molecule has 2 nitrogen and oxygen atoms in total. The molecule has 98 valence electrons. The van der Waals surface area contributed by atoms with E-state index in [1.807, 2.05) is 27.7 Å². The summed E-state index contributed by atoms with van der Waals surface area (Å²) in [5.74, 6) is 1.29. The minimum atomic E-state index is -0.303. The van der Waals surface area contributed by atoms with Crippen LogP contribution in [-0.2, 0) is 4.79 Å². The van der Waals surface area contributed by atoms with Gasteiger partial charge >= 0.3 is 0 Å². The molecular weight excluding hydrogens is 198 g/mol. The van der Waals surface area contributed by atoms with Gasteiger partial charge in [-0.05, 0) is 11.8 Å². The fraction of sp³-hybridized carbons (Fsp3) is 0.929. The van der Waals surface area contributed by atoms with Crippen LogP contribution >= 0.6 is 0 Å². The fourth-order valence-electron chi connectivity index (χ4n) is 1.01. The molecule has 0 aromatic heterocycles. The summed E-state index contributed by atoms with van der Waals surface area (Å²) >= 11 is 0. The van der Waals surface area contributed by atoms with E-state index in [0.29, 0.717) is 0 Å². The first kappa shape index (κ1) is 18.0. The molecule has 0 aromatic carbocycles. The van der Waals surface area contributed by atoms with Gasteiger partial charge in [0, 0.05) is 5.41 Å². The van der Waals surface area contributed by atoms with E-state index in [2.05, 4.69) is 27.7 Å². The summed E-state index contributed by atoms with van der Waals surface area (Å²) in [7, 11) is 0. The zero-order valence-electron chi connectivity index (χ0n) is 12.4. The van der Waals surface area contributed by atoms with Gasteiger partial charge in [-0.2, -0.15) is 0 Å². The Bertz CT molecular complexity index is 189. The van der Waals surface area contributed by atoms with E-state index in [1.165, 1.54) is 0 Å². The van der Waals surface area contributed by atoms with Crippen molar-refractivity contribution in [3.8, 4) is 0 Å². The van der Waals surface area contributed by atoms with Crippen LogP contribution in [-0.4, -0.2) is 11.8 Å². The number of hydrogen-bond donors (Lipinski definition) is 1. The van der Waals surface area contributed by atoms with Gasteiger partial charge in [-0.3, -0.25) is 4.79 Å². The average molecular weight is 229 g/mol. The molecule has 0 radical (unpaired) electrons. The highest BCUT2D eigenvalue weighted by Crippen LogP contribution is 2.20. The van der Waals surface area contributed by atoms with Gasteiger partial charge in [0.1, 0.15) is 0 Å². The Morgan fingerprint density at radius 2 is 1.44 bits per heavy atom. The van der Waals surface area contributed by atoms with Gasteiger partial charge in [0.2, 0.25) is 0 Å². The SMILES string of the molecule is CC(C)C.CCC(C)[C@H](N)C(=O)C(C)(C)C.